The third kappa shape index (κ3) is 6.36. The smallest absolute Gasteiger partial charge is 0.263 e. The summed E-state index contributed by atoms with van der Waals surface area (Å²) >= 11 is 0. The zero-order valence-electron chi connectivity index (χ0n) is 15.4. The second-order valence-corrected chi connectivity index (χ2v) is 5.74. The lowest BCUT2D eigenvalue weighted by molar-refractivity contribution is -0.117. The Hall–Kier alpha value is -2.72. The number of hydrogen-bond donors (Lipinski definition) is 2. The second kappa shape index (κ2) is 10.2. The molecule has 0 aliphatic carbocycles. The van der Waals surface area contributed by atoms with Gasteiger partial charge in [0.1, 0.15) is 11.6 Å². The van der Waals surface area contributed by atoms with Gasteiger partial charge in [-0.3, -0.25) is 4.79 Å². The van der Waals surface area contributed by atoms with Gasteiger partial charge < -0.3 is 25.0 Å². The molecule has 0 heterocycles. The predicted octanol–water partition coefficient (Wildman–Crippen LogP) is 1.44. The zero-order chi connectivity index (χ0) is 18.8. The second-order valence-electron chi connectivity index (χ2n) is 5.74. The van der Waals surface area contributed by atoms with E-state index in [2.05, 4.69) is 10.6 Å². The van der Waals surface area contributed by atoms with Gasteiger partial charge in [-0.2, -0.15) is 5.26 Å². The number of ether oxygens (including phenoxy) is 2. The van der Waals surface area contributed by atoms with Crippen LogP contribution in [0.15, 0.2) is 30.0 Å². The summed E-state index contributed by atoms with van der Waals surface area (Å²) in [6.45, 7) is 3.29. The van der Waals surface area contributed by atoms with E-state index in [4.69, 9.17) is 9.47 Å². The number of nitrogens with one attached hydrogen (secondary N) is 2. The molecule has 25 heavy (non-hydrogen) atoms. The first kappa shape index (κ1) is 20.3. The van der Waals surface area contributed by atoms with Crippen molar-refractivity contribution in [1.29, 1.82) is 5.26 Å². The van der Waals surface area contributed by atoms with Gasteiger partial charge in [0, 0.05) is 19.3 Å². The van der Waals surface area contributed by atoms with Crippen LogP contribution in [0.5, 0.6) is 11.5 Å². The average molecular weight is 346 g/mol. The molecule has 136 valence electrons. The largest absolute Gasteiger partial charge is 0.493 e. The van der Waals surface area contributed by atoms with Gasteiger partial charge >= 0.3 is 0 Å². The minimum absolute atomic E-state index is 0.0334. The summed E-state index contributed by atoms with van der Waals surface area (Å²) in [6, 6.07) is 7.05. The van der Waals surface area contributed by atoms with E-state index in [1.54, 1.807) is 26.4 Å². The van der Waals surface area contributed by atoms with Crippen molar-refractivity contribution in [3.63, 3.8) is 0 Å². The first-order valence-corrected chi connectivity index (χ1v) is 7.94. The zero-order valence-corrected chi connectivity index (χ0v) is 15.4. The fourth-order valence-corrected chi connectivity index (χ4v) is 2.09. The summed E-state index contributed by atoms with van der Waals surface area (Å²) in [5.41, 5.74) is 0.884. The van der Waals surface area contributed by atoms with E-state index < -0.39 is 5.91 Å². The standard InChI is InChI=1S/C18H26N4O3/c1-13(14-6-7-16(24-4)17(10-14)25-5)21-18(23)15(11-19)12-20-8-9-22(2)3/h6-7,10,12-13,20H,8-9H2,1-5H3,(H,21,23)/b15-12-. The van der Waals surface area contributed by atoms with Crippen LogP contribution < -0.4 is 20.1 Å². The molecule has 0 fully saturated rings. The van der Waals surface area contributed by atoms with E-state index >= 15 is 0 Å². The van der Waals surface area contributed by atoms with Gasteiger partial charge in [0.2, 0.25) is 0 Å². The Morgan fingerprint density at radius 3 is 2.56 bits per heavy atom. The van der Waals surface area contributed by atoms with Crippen LogP contribution in [0.1, 0.15) is 18.5 Å². The SMILES string of the molecule is COc1ccc(C(C)NC(=O)/C(C#N)=C\NCCN(C)C)cc1OC. The highest BCUT2D eigenvalue weighted by Crippen LogP contribution is 2.29. The van der Waals surface area contributed by atoms with Crippen LogP contribution in [0.2, 0.25) is 0 Å². The molecule has 1 aromatic rings. The van der Waals surface area contributed by atoms with Crippen LogP contribution in [0.3, 0.4) is 0 Å². The highest BCUT2D eigenvalue weighted by Gasteiger charge is 2.15. The van der Waals surface area contributed by atoms with E-state index in [1.807, 2.05) is 38.1 Å². The van der Waals surface area contributed by atoms with Gasteiger partial charge in [0.15, 0.2) is 11.5 Å². The Kier molecular flexibility index (Phi) is 8.30. The Bertz CT molecular complexity index is 650. The average Bonchev–Trinajstić information content (AvgIpc) is 2.60. The van der Waals surface area contributed by atoms with Crippen molar-refractivity contribution >= 4 is 5.91 Å². The Morgan fingerprint density at radius 1 is 1.32 bits per heavy atom. The molecule has 0 aliphatic rings. The van der Waals surface area contributed by atoms with Gasteiger partial charge in [0.05, 0.1) is 20.3 Å². The summed E-state index contributed by atoms with van der Waals surface area (Å²) in [7, 11) is 7.03. The summed E-state index contributed by atoms with van der Waals surface area (Å²) < 4.78 is 10.5. The van der Waals surface area contributed by atoms with Crippen LogP contribution >= 0.6 is 0 Å². The molecule has 0 aromatic heterocycles. The number of hydrogen-bond acceptors (Lipinski definition) is 6. The van der Waals surface area contributed by atoms with Gasteiger partial charge in [-0.25, -0.2) is 0 Å². The number of benzene rings is 1. The van der Waals surface area contributed by atoms with Crippen molar-refractivity contribution in [3.8, 4) is 17.6 Å². The molecule has 0 aliphatic heterocycles. The molecule has 7 nitrogen and oxygen atoms in total. The van der Waals surface area contributed by atoms with Gasteiger partial charge in [0.25, 0.3) is 5.91 Å². The van der Waals surface area contributed by atoms with Crippen molar-refractivity contribution < 1.29 is 14.3 Å². The van der Waals surface area contributed by atoms with Gasteiger partial charge in [-0.05, 0) is 38.7 Å². The Balaban J connectivity index is 2.74. The number of nitrogens with zero attached hydrogens (tertiary/aromatic N) is 2. The molecule has 0 saturated heterocycles. The fourth-order valence-electron chi connectivity index (χ4n) is 2.09. The van der Waals surface area contributed by atoms with E-state index in [9.17, 15) is 10.1 Å². The molecule has 1 unspecified atom stereocenters. The van der Waals surface area contributed by atoms with Crippen molar-refractivity contribution in [2.24, 2.45) is 0 Å². The lowest BCUT2D eigenvalue weighted by atomic mass is 10.1. The number of rotatable bonds is 9. The van der Waals surface area contributed by atoms with E-state index in [0.717, 1.165) is 12.1 Å². The molecule has 0 radical (unpaired) electrons. The topological polar surface area (TPSA) is 86.6 Å². The summed E-state index contributed by atoms with van der Waals surface area (Å²) in [6.07, 6.45) is 1.44. The molecule has 2 N–H and O–H groups in total. The molecule has 0 bridgehead atoms. The molecule has 7 heteroatoms. The Labute approximate surface area is 149 Å². The van der Waals surface area contributed by atoms with Crippen LogP contribution in [0, 0.1) is 11.3 Å². The van der Waals surface area contributed by atoms with Crippen molar-refractivity contribution in [2.45, 2.75) is 13.0 Å². The number of carbonyl (C=O) groups excluding carboxylic acids is 1. The molecule has 1 amide bonds. The monoisotopic (exact) mass is 346 g/mol. The van der Waals surface area contributed by atoms with Crippen LogP contribution in [0.25, 0.3) is 0 Å². The summed E-state index contributed by atoms with van der Waals surface area (Å²) in [5, 5.41) is 15.0. The van der Waals surface area contributed by atoms with E-state index in [-0.39, 0.29) is 11.6 Å². The van der Waals surface area contributed by atoms with Crippen LogP contribution in [-0.2, 0) is 4.79 Å². The lowest BCUT2D eigenvalue weighted by Gasteiger charge is -2.16. The number of methoxy groups -OCH3 is 2. The number of carbonyl (C=O) groups is 1. The minimum Gasteiger partial charge on any atom is -0.493 e. The predicted molar refractivity (Wildman–Crippen MR) is 96.4 cm³/mol. The summed E-state index contributed by atoms with van der Waals surface area (Å²) in [5.74, 6) is 0.775. The van der Waals surface area contributed by atoms with Crippen LogP contribution in [0.4, 0.5) is 0 Å². The number of nitriles is 1. The Morgan fingerprint density at radius 2 is 2.00 bits per heavy atom. The first-order chi connectivity index (χ1) is 11.9. The van der Waals surface area contributed by atoms with Crippen molar-refractivity contribution in [2.75, 3.05) is 41.4 Å². The third-order valence-electron chi connectivity index (χ3n) is 3.57. The molecule has 1 rings (SSSR count). The molecule has 0 saturated carbocycles. The third-order valence-corrected chi connectivity index (χ3v) is 3.57. The van der Waals surface area contributed by atoms with Gasteiger partial charge in [-0.15, -0.1) is 0 Å². The maximum absolute atomic E-state index is 12.3. The summed E-state index contributed by atoms with van der Waals surface area (Å²) in [4.78, 5) is 14.3. The van der Waals surface area contributed by atoms with Gasteiger partial charge in [-0.1, -0.05) is 6.07 Å². The highest BCUT2D eigenvalue weighted by molar-refractivity contribution is 5.97. The molecular formula is C18H26N4O3. The number of amides is 1. The highest BCUT2D eigenvalue weighted by atomic mass is 16.5. The minimum atomic E-state index is -0.429. The molecule has 0 spiro atoms. The van der Waals surface area contributed by atoms with E-state index in [0.29, 0.717) is 18.0 Å². The quantitative estimate of drug-likeness (QED) is 0.400. The van der Waals surface area contributed by atoms with Crippen molar-refractivity contribution in [3.05, 3.63) is 35.5 Å². The van der Waals surface area contributed by atoms with Crippen molar-refractivity contribution in [1.82, 2.24) is 15.5 Å². The molecular weight excluding hydrogens is 320 g/mol. The fraction of sp³-hybridized carbons (Fsp3) is 0.444. The lowest BCUT2D eigenvalue weighted by Crippen LogP contribution is -2.29. The molecule has 1 atom stereocenters. The normalized spacial score (nSPS) is 12.3. The molecule has 1 aromatic carbocycles. The van der Waals surface area contributed by atoms with E-state index in [1.165, 1.54) is 6.20 Å². The maximum Gasteiger partial charge on any atom is 0.263 e. The maximum atomic E-state index is 12.3. The van der Waals surface area contributed by atoms with Crippen LogP contribution in [-0.4, -0.2) is 52.2 Å². The first-order valence-electron chi connectivity index (χ1n) is 7.94. The number of likely N-dealkylation sites (N-methyl/N-ethyl adjacent to an activating group) is 1.